The van der Waals surface area contributed by atoms with Gasteiger partial charge in [0.05, 0.1) is 12.9 Å². The maximum atomic E-state index is 12.1. The fraction of sp³-hybridized carbons (Fsp3) is 0.545. The molecule has 1 fully saturated rings. The molecular weight excluding hydrogens is 479 g/mol. The molecule has 0 radical (unpaired) electrons. The van der Waals surface area contributed by atoms with Gasteiger partial charge >= 0.3 is 19.0 Å². The van der Waals surface area contributed by atoms with E-state index in [0.29, 0.717) is 0 Å². The molecule has 0 spiro atoms. The number of nitrogens with two attached hydrogens (primary N) is 1. The molecule has 3 heterocycles. The summed E-state index contributed by atoms with van der Waals surface area (Å²) < 4.78 is 31.2. The highest BCUT2D eigenvalue weighted by Gasteiger charge is 2.60. The van der Waals surface area contributed by atoms with Crippen LogP contribution in [0.3, 0.4) is 0 Å². The Balaban J connectivity index is 1.79. The molecule has 0 amide bonds. The highest BCUT2D eigenvalue weighted by Crippen LogP contribution is 2.75. The van der Waals surface area contributed by atoms with E-state index < -0.39 is 50.2 Å². The number of aromatic nitrogens is 4. The molecule has 7 N–H and O–H groups in total. The summed E-state index contributed by atoms with van der Waals surface area (Å²) in [5, 5.41) is 20.5. The maximum absolute atomic E-state index is 12.1. The molecule has 3 rings (SSSR count). The van der Waals surface area contributed by atoms with Crippen molar-refractivity contribution in [3.05, 3.63) is 12.7 Å². The second kappa shape index (κ2) is 7.66. The smallest absolute Gasteiger partial charge is 0.376 e. The maximum Gasteiger partial charge on any atom is 0.376 e. The summed E-state index contributed by atoms with van der Waals surface area (Å²) in [6.07, 6.45) is -3.42. The lowest BCUT2D eigenvalue weighted by molar-refractivity contribution is -0.0485. The van der Waals surface area contributed by atoms with E-state index in [9.17, 15) is 24.2 Å². The number of nitrogen functional groups attached to an aromatic ring is 1. The van der Waals surface area contributed by atoms with E-state index in [-0.39, 0.29) is 17.0 Å². The third-order valence-electron chi connectivity index (χ3n) is 4.10. The van der Waals surface area contributed by atoms with Crippen LogP contribution >= 0.6 is 38.4 Å². The van der Waals surface area contributed by atoms with Crippen molar-refractivity contribution in [1.82, 2.24) is 19.5 Å². The van der Waals surface area contributed by atoms with Crippen molar-refractivity contribution in [1.29, 1.82) is 0 Å². The summed E-state index contributed by atoms with van der Waals surface area (Å²) in [5.74, 6) is 0.0703. The number of rotatable bonds is 6. The Hall–Kier alpha value is -0.890. The molecule has 2 aromatic rings. The number of ether oxygens (including phenoxy) is 1. The highest BCUT2D eigenvalue weighted by molar-refractivity contribution is 7.78. The van der Waals surface area contributed by atoms with Crippen molar-refractivity contribution in [2.75, 3.05) is 12.3 Å². The van der Waals surface area contributed by atoms with E-state index in [1.165, 1.54) is 10.9 Å². The molecule has 1 unspecified atom stereocenters. The van der Waals surface area contributed by atoms with E-state index in [4.69, 9.17) is 43.5 Å². The van der Waals surface area contributed by atoms with Crippen LogP contribution in [0.25, 0.3) is 11.2 Å². The topological polar surface area (TPSA) is 223 Å². The first-order chi connectivity index (χ1) is 13.3. The standard InChI is InChI=1S/C11H15Cl2N5O9P2/c12-11(13,28(21,22)23)29(24,25)26-1-4-6(19)7(20)10(27-4)18-3-17-5-8(14)15-2-16-9(5)18/h2-4,6-7,10,19-20H,1H2,(H,24,25)(H2,14,15,16)(H2,21,22,23)/t4-,6-,7-,10-/m1/s1. The van der Waals surface area contributed by atoms with Gasteiger partial charge in [0.1, 0.15) is 30.2 Å². The largest absolute Gasteiger partial charge is 0.387 e. The van der Waals surface area contributed by atoms with Crippen molar-refractivity contribution in [3.8, 4) is 0 Å². The second-order valence-corrected chi connectivity index (χ2v) is 12.5. The second-order valence-electron chi connectivity index (χ2n) is 6.00. The molecule has 0 aliphatic carbocycles. The van der Waals surface area contributed by atoms with Crippen LogP contribution < -0.4 is 5.73 Å². The average molecular weight is 494 g/mol. The Morgan fingerprint density at radius 2 is 1.86 bits per heavy atom. The number of imidazole rings is 1. The Bertz CT molecular complexity index is 1020. The minimum absolute atomic E-state index is 0.0703. The number of fused-ring (bicyclic) bond motifs is 1. The van der Waals surface area contributed by atoms with Crippen LogP contribution in [-0.4, -0.2) is 73.1 Å². The van der Waals surface area contributed by atoms with Gasteiger partial charge < -0.3 is 39.9 Å². The molecule has 1 aliphatic heterocycles. The van der Waals surface area contributed by atoms with Crippen LogP contribution in [0.1, 0.15) is 6.23 Å². The van der Waals surface area contributed by atoms with E-state index in [1.807, 2.05) is 0 Å². The van der Waals surface area contributed by atoms with E-state index >= 15 is 0 Å². The van der Waals surface area contributed by atoms with Gasteiger partial charge in [-0.3, -0.25) is 13.7 Å². The molecule has 14 nitrogen and oxygen atoms in total. The molecule has 18 heteroatoms. The molecule has 5 atom stereocenters. The molecule has 0 aromatic carbocycles. The van der Waals surface area contributed by atoms with Gasteiger partial charge in [0.2, 0.25) is 0 Å². The fourth-order valence-electron chi connectivity index (χ4n) is 2.57. The normalized spacial score (nSPS) is 28.0. The van der Waals surface area contributed by atoms with Gasteiger partial charge in [0.25, 0.3) is 0 Å². The zero-order chi connectivity index (χ0) is 21.8. The predicted octanol–water partition coefficient (Wildman–Crippen LogP) is -0.504. The van der Waals surface area contributed by atoms with Crippen LogP contribution in [0.4, 0.5) is 5.82 Å². The highest BCUT2D eigenvalue weighted by atomic mass is 35.5. The van der Waals surface area contributed by atoms with Crippen LogP contribution in [0.15, 0.2) is 12.7 Å². The Morgan fingerprint density at radius 3 is 2.48 bits per heavy atom. The number of hydrogen-bond donors (Lipinski definition) is 6. The number of nitrogens with zero attached hydrogens (tertiary/aromatic N) is 4. The summed E-state index contributed by atoms with van der Waals surface area (Å²) in [6, 6.07) is 0. The van der Waals surface area contributed by atoms with Gasteiger partial charge in [-0.2, -0.15) is 0 Å². The van der Waals surface area contributed by atoms with Crippen LogP contribution in [0.2, 0.25) is 0 Å². The van der Waals surface area contributed by atoms with Crippen molar-refractivity contribution in [3.63, 3.8) is 0 Å². The van der Waals surface area contributed by atoms with E-state index in [1.54, 1.807) is 0 Å². The van der Waals surface area contributed by atoms with Gasteiger partial charge in [-0.1, -0.05) is 23.2 Å². The molecule has 1 aliphatic rings. The van der Waals surface area contributed by atoms with Crippen molar-refractivity contribution < 1.29 is 43.3 Å². The molecule has 2 aromatic heterocycles. The monoisotopic (exact) mass is 493 g/mol. The Morgan fingerprint density at radius 1 is 1.21 bits per heavy atom. The quantitative estimate of drug-likeness (QED) is 0.220. The predicted molar refractivity (Wildman–Crippen MR) is 97.9 cm³/mol. The molecule has 162 valence electrons. The third-order valence-corrected chi connectivity index (χ3v) is 10.1. The first-order valence-corrected chi connectivity index (χ1v) is 11.6. The summed E-state index contributed by atoms with van der Waals surface area (Å²) >= 11 is 10.6. The van der Waals surface area contributed by atoms with Crippen LogP contribution in [0, 0.1) is 0 Å². The van der Waals surface area contributed by atoms with Crippen molar-refractivity contribution in [2.45, 2.75) is 28.4 Å². The summed E-state index contributed by atoms with van der Waals surface area (Å²) in [4.78, 5) is 39.6. The minimum atomic E-state index is -5.46. The first kappa shape index (κ1) is 22.8. The third kappa shape index (κ3) is 3.91. The number of anilines is 1. The van der Waals surface area contributed by atoms with Gasteiger partial charge in [0, 0.05) is 0 Å². The van der Waals surface area contributed by atoms with Gasteiger partial charge in [0.15, 0.2) is 17.7 Å². The average Bonchev–Trinajstić information content (AvgIpc) is 3.15. The summed E-state index contributed by atoms with van der Waals surface area (Å²) in [5.41, 5.74) is 6.08. The molecular formula is C11H15Cl2N5O9P2. The Kier molecular flexibility index (Phi) is 6.02. The lowest BCUT2D eigenvalue weighted by Crippen LogP contribution is -2.34. The summed E-state index contributed by atoms with van der Waals surface area (Å²) in [6.45, 7) is -0.882. The molecule has 0 bridgehead atoms. The zero-order valence-corrected chi connectivity index (χ0v) is 17.4. The molecule has 29 heavy (non-hydrogen) atoms. The molecule has 1 saturated heterocycles. The Labute approximate surface area is 171 Å². The lowest BCUT2D eigenvalue weighted by Gasteiger charge is -2.26. The first-order valence-electron chi connectivity index (χ1n) is 7.63. The number of aliphatic hydroxyl groups excluding tert-OH is 2. The van der Waals surface area contributed by atoms with Crippen molar-refractivity contribution in [2.24, 2.45) is 0 Å². The zero-order valence-electron chi connectivity index (χ0n) is 14.1. The van der Waals surface area contributed by atoms with Crippen LogP contribution in [-0.2, 0) is 18.4 Å². The SMILES string of the molecule is Nc1ncnc2c1ncn2[C@@H]1O[C@H](COP(=O)(O)C(Cl)(Cl)P(=O)(O)O)[C@@H](O)[C@H]1O. The number of alkyl halides is 2. The number of aliphatic hydroxyl groups is 2. The number of halogens is 2. The molecule has 0 saturated carbocycles. The van der Waals surface area contributed by atoms with Gasteiger partial charge in [-0.15, -0.1) is 0 Å². The minimum Gasteiger partial charge on any atom is -0.387 e. The number of hydrogen-bond acceptors (Lipinski definition) is 10. The van der Waals surface area contributed by atoms with Gasteiger partial charge in [-0.25, -0.2) is 15.0 Å². The fourth-order valence-corrected chi connectivity index (χ4v) is 4.86. The van der Waals surface area contributed by atoms with Crippen LogP contribution in [0.5, 0.6) is 0 Å². The van der Waals surface area contributed by atoms with Crippen molar-refractivity contribution >= 4 is 55.4 Å². The lowest BCUT2D eigenvalue weighted by atomic mass is 10.1. The van der Waals surface area contributed by atoms with Gasteiger partial charge in [-0.05, 0) is 0 Å². The van der Waals surface area contributed by atoms with E-state index in [2.05, 4.69) is 19.5 Å². The van der Waals surface area contributed by atoms with E-state index in [0.717, 1.165) is 6.33 Å². The summed E-state index contributed by atoms with van der Waals surface area (Å²) in [7, 11) is -10.8.